The van der Waals surface area contributed by atoms with Crippen LogP contribution in [0.25, 0.3) is 0 Å². The van der Waals surface area contributed by atoms with Gasteiger partial charge >= 0.3 is 0 Å². The Morgan fingerprint density at radius 1 is 0.296 bits per heavy atom. The number of carbonyl (C=O) groups is 6. The van der Waals surface area contributed by atoms with Crippen LogP contribution in [0, 0.1) is 66.5 Å². The predicted molar refractivity (Wildman–Crippen MR) is 542 cm³/mol. The summed E-state index contributed by atoms with van der Waals surface area (Å²) < 4.78 is 16.2. The number of Topliss-reactive ketones (excluding diaryl/α,β-unsaturated/α-hetero) is 1. The summed E-state index contributed by atoms with van der Waals surface area (Å²) in [5.41, 5.74) is 3.06. The molecule has 3 saturated heterocycles. The molecule has 748 valence electrons. The number of hydrogen-bond donors (Lipinski definition) is 5. The van der Waals surface area contributed by atoms with Crippen LogP contribution < -0.4 is 26.6 Å². The second-order valence-electron chi connectivity index (χ2n) is 54.3. The number of ketones is 1. The van der Waals surface area contributed by atoms with Crippen molar-refractivity contribution < 1.29 is 43.0 Å². The SMILES string of the molecule is CC(C)(C)CC(=O)N1CCC(C(C)(C)C)CC1.CC(C)(C)CCC(=O)N1CCC(C(C)(C)C)CC1.CC(C)(C)CCCC(=O)COC(C)(C)C.CC(C)(C)CCCNC(=O)COC(C)(C)C.CC(C)(C)CCCNC(C)(C)C.CC(C)(C)CCNC(=O)COC(C)(C)C.CC(C)(C)NCCCNC(C)(C)C.CN(CC(=O)N1CCC(C(C)(C)C)CC1)C(C)(C)C. The second kappa shape index (κ2) is 58.0. The van der Waals surface area contributed by atoms with Crippen molar-refractivity contribution >= 4 is 35.3 Å². The number of nitrogens with one attached hydrogen (secondary N) is 5. The van der Waals surface area contributed by atoms with Crippen LogP contribution in [0.2, 0.25) is 0 Å². The molecule has 18 heteroatoms. The molecule has 0 bridgehead atoms. The Labute approximate surface area is 779 Å². The van der Waals surface area contributed by atoms with Crippen molar-refractivity contribution in [2.45, 2.75) is 487 Å². The minimum atomic E-state index is -0.249. The molecule has 0 aromatic heterocycles. The Morgan fingerprint density at radius 3 is 0.848 bits per heavy atom. The molecule has 3 heterocycles. The summed E-state index contributed by atoms with van der Waals surface area (Å²) in [4.78, 5) is 79.0. The van der Waals surface area contributed by atoms with Gasteiger partial charge in [0.15, 0.2) is 5.78 Å². The van der Waals surface area contributed by atoms with Gasteiger partial charge in [0, 0.05) is 93.8 Å². The number of rotatable bonds is 26. The average molecular weight is 1780 g/mol. The first-order valence-corrected chi connectivity index (χ1v) is 49.2. The molecule has 0 saturated carbocycles. The van der Waals surface area contributed by atoms with Gasteiger partial charge in [-0.25, -0.2) is 0 Å². The van der Waals surface area contributed by atoms with E-state index in [2.05, 4.69) is 311 Å². The third kappa shape index (κ3) is 91.0. The van der Waals surface area contributed by atoms with E-state index < -0.39 is 0 Å². The van der Waals surface area contributed by atoms with E-state index in [1.165, 1.54) is 44.9 Å². The first-order valence-electron chi connectivity index (χ1n) is 49.2. The predicted octanol–water partition coefficient (Wildman–Crippen LogP) is 24.8. The Kier molecular flexibility index (Phi) is 60.4. The van der Waals surface area contributed by atoms with Gasteiger partial charge < -0.3 is 55.5 Å². The van der Waals surface area contributed by atoms with Crippen LogP contribution in [-0.2, 0) is 43.0 Å². The Morgan fingerprint density at radius 2 is 0.568 bits per heavy atom. The van der Waals surface area contributed by atoms with E-state index in [-0.39, 0.29) is 98.5 Å². The van der Waals surface area contributed by atoms with Crippen molar-refractivity contribution in [1.29, 1.82) is 0 Å². The zero-order valence-electron chi connectivity index (χ0n) is 93.0. The number of piperidine rings is 3. The monoisotopic (exact) mass is 1780 g/mol. The van der Waals surface area contributed by atoms with E-state index in [4.69, 9.17) is 14.2 Å². The molecule has 0 atom stereocenters. The number of nitrogens with zero attached hydrogens (tertiary/aromatic N) is 4. The molecule has 125 heavy (non-hydrogen) atoms. The van der Waals surface area contributed by atoms with Gasteiger partial charge in [-0.15, -0.1) is 0 Å². The van der Waals surface area contributed by atoms with Gasteiger partial charge in [0.2, 0.25) is 29.5 Å². The maximum atomic E-state index is 12.3. The standard InChI is InChI=1S/C16H32N2O.C16H31NO.C15H29NO.C13H27NO2.C13H26O2.C12H25NO2.C11H26N2.C11H25N/c1-15(2,3)13-8-10-18(11-9-13)14(19)12-17(7)16(4,5)6;1-15(2,3)10-7-14(18)17-11-8-13(9-12-17)16(4,5)6;1-14(2,3)11-13(17)16-9-7-12(8-10-16)15(4,5)6;1-12(2,3)8-7-9-14-11(15)10-16-13(4,5)6;1-12(2,3)9-7-8-11(14)10-15-13(4,5)6;1-11(2,3)7-8-13-10(14)9-15-12(4,5)6;1-10(2,3)12-8-7-9-13-11(4,5)6;1-10(2,3)8-7-9-12-11(4,5)6/h13H,8-12H2,1-7H3;13H,7-12H2,1-6H3;12H,7-11H2,1-6H3;7-10H2,1-6H3,(H,14,15);7-10H2,1-6H3;7-9H2,1-6H3,(H,13,14);12-13H,7-9H2,1-6H3;12H,7-9H2,1-6H3. The first-order chi connectivity index (χ1) is 55.4. The lowest BCUT2D eigenvalue weighted by molar-refractivity contribution is -0.135. The van der Waals surface area contributed by atoms with E-state index in [0.717, 1.165) is 141 Å². The van der Waals surface area contributed by atoms with Crippen molar-refractivity contribution in [2.75, 3.05) is 105 Å². The maximum absolute atomic E-state index is 12.3. The average Bonchev–Trinajstić information content (AvgIpc) is 0.854. The van der Waals surface area contributed by atoms with Crippen LogP contribution in [0.1, 0.15) is 448 Å². The molecular weight excluding hydrogens is 1560 g/mol. The van der Waals surface area contributed by atoms with Gasteiger partial charge in [-0.3, -0.25) is 33.7 Å². The zero-order chi connectivity index (χ0) is 99.5. The number of amides is 5. The number of likely N-dealkylation sites (tertiary alicyclic amines) is 3. The fourth-order valence-corrected chi connectivity index (χ4v) is 13.1. The largest absolute Gasteiger partial charge is 0.368 e. The highest BCUT2D eigenvalue weighted by molar-refractivity contribution is 5.80. The van der Waals surface area contributed by atoms with E-state index in [1.54, 1.807) is 0 Å². The van der Waals surface area contributed by atoms with E-state index in [9.17, 15) is 28.8 Å². The Balaban J connectivity index is -0.000000441. The van der Waals surface area contributed by atoms with E-state index >= 15 is 0 Å². The number of likely N-dealkylation sites (N-methyl/N-ethyl adjacent to an activating group) is 1. The highest BCUT2D eigenvalue weighted by atomic mass is 16.5. The molecule has 18 nitrogen and oxygen atoms in total. The van der Waals surface area contributed by atoms with Gasteiger partial charge in [-0.05, 0) is 335 Å². The molecule has 0 radical (unpaired) electrons. The molecule has 3 fully saturated rings. The second-order valence-corrected chi connectivity index (χ2v) is 54.3. The molecule has 5 N–H and O–H groups in total. The van der Waals surface area contributed by atoms with Gasteiger partial charge in [-0.1, -0.05) is 187 Å². The van der Waals surface area contributed by atoms with Crippen molar-refractivity contribution in [3.63, 3.8) is 0 Å². The number of carbonyl (C=O) groups excluding carboxylic acids is 6. The summed E-state index contributed by atoms with van der Waals surface area (Å²) in [6.45, 7) is 116. The lowest BCUT2D eigenvalue weighted by atomic mass is 9.75. The van der Waals surface area contributed by atoms with Crippen LogP contribution in [0.3, 0.4) is 0 Å². The fourth-order valence-electron chi connectivity index (χ4n) is 13.1. The number of hydrogen-bond acceptors (Lipinski definition) is 13. The quantitative estimate of drug-likeness (QED) is 0.0512. The molecule has 0 spiro atoms. The van der Waals surface area contributed by atoms with Gasteiger partial charge in [0.25, 0.3) is 0 Å². The summed E-state index contributed by atoms with van der Waals surface area (Å²) in [5.74, 6) is 3.42. The normalized spacial score (nSPS) is 15.7. The summed E-state index contributed by atoms with van der Waals surface area (Å²) in [5, 5.41) is 16.1. The van der Waals surface area contributed by atoms with Crippen LogP contribution in [0.4, 0.5) is 0 Å². The van der Waals surface area contributed by atoms with Crippen molar-refractivity contribution in [3.05, 3.63) is 0 Å². The molecule has 3 rings (SSSR count). The minimum Gasteiger partial charge on any atom is -0.368 e. The highest BCUT2D eigenvalue weighted by Gasteiger charge is 2.35. The van der Waals surface area contributed by atoms with Gasteiger partial charge in [0.1, 0.15) is 19.8 Å². The smallest absolute Gasteiger partial charge is 0.246 e. The highest BCUT2D eigenvalue weighted by Crippen LogP contribution is 2.38. The lowest BCUT2D eigenvalue weighted by Gasteiger charge is -2.40. The number of ether oxygens (including phenoxy) is 3. The Bertz CT molecular complexity index is 2760. The zero-order valence-corrected chi connectivity index (χ0v) is 93.0. The van der Waals surface area contributed by atoms with Crippen molar-refractivity contribution in [2.24, 2.45) is 66.5 Å². The topological polar surface area (TPSA) is 203 Å². The molecule has 3 aliphatic heterocycles. The Hall–Kier alpha value is -3.26. The van der Waals surface area contributed by atoms with Crippen LogP contribution in [0.15, 0.2) is 0 Å². The molecular formula is C107H221N9O9. The third-order valence-electron chi connectivity index (χ3n) is 21.9. The molecule has 0 aliphatic carbocycles. The minimum absolute atomic E-state index is 0.0242. The van der Waals surface area contributed by atoms with Crippen molar-refractivity contribution in [1.82, 2.24) is 46.2 Å². The van der Waals surface area contributed by atoms with Crippen molar-refractivity contribution in [3.8, 4) is 0 Å². The summed E-state index contributed by atoms with van der Waals surface area (Å²) in [6.07, 6.45) is 18.9. The van der Waals surface area contributed by atoms with Gasteiger partial charge in [-0.2, -0.15) is 0 Å². The third-order valence-corrected chi connectivity index (χ3v) is 21.9. The summed E-state index contributed by atoms with van der Waals surface area (Å²) >= 11 is 0. The van der Waals surface area contributed by atoms with Gasteiger partial charge in [0.05, 0.1) is 23.3 Å². The van der Waals surface area contributed by atoms with E-state index in [1.807, 2.05) is 74.3 Å². The molecule has 0 aromatic carbocycles. The lowest BCUT2D eigenvalue weighted by Crippen LogP contribution is -2.48. The maximum Gasteiger partial charge on any atom is 0.246 e. The van der Waals surface area contributed by atoms with Crippen LogP contribution in [-0.4, -0.2) is 199 Å². The molecule has 0 aromatic rings. The van der Waals surface area contributed by atoms with Crippen LogP contribution in [0.5, 0.6) is 0 Å². The first kappa shape index (κ1) is 130. The van der Waals surface area contributed by atoms with E-state index in [0.29, 0.717) is 70.1 Å². The molecule has 3 aliphatic rings. The fraction of sp³-hybridized carbons (Fsp3) is 0.944. The summed E-state index contributed by atoms with van der Waals surface area (Å²) in [7, 11) is 2.03. The molecule has 0 unspecified atom stereocenters. The summed E-state index contributed by atoms with van der Waals surface area (Å²) in [6, 6.07) is 0. The molecule has 5 amide bonds. The van der Waals surface area contributed by atoms with Crippen LogP contribution >= 0.6 is 0 Å².